The largest absolute Gasteiger partial charge is 0.368 e. The number of nitrogens with two attached hydrogens (primary N) is 1. The molecule has 2 amide bonds. The SMILES string of the molecule is Cc1cn([C@@H](C)C(N)=O)c(=NC(=O)c2cccc(Cl)c2)s1. The van der Waals surface area contributed by atoms with Crippen LogP contribution in [0.4, 0.5) is 0 Å². The molecular weight excluding hydrogens is 310 g/mol. The molecular formula is C14H14ClN3O2S. The van der Waals surface area contributed by atoms with E-state index in [0.29, 0.717) is 15.4 Å². The summed E-state index contributed by atoms with van der Waals surface area (Å²) in [6, 6.07) is 5.99. The van der Waals surface area contributed by atoms with Crippen molar-refractivity contribution in [2.24, 2.45) is 10.7 Å². The van der Waals surface area contributed by atoms with E-state index in [2.05, 4.69) is 4.99 Å². The van der Waals surface area contributed by atoms with Crippen molar-refractivity contribution >= 4 is 34.8 Å². The lowest BCUT2D eigenvalue weighted by molar-refractivity contribution is -0.120. The van der Waals surface area contributed by atoms with Gasteiger partial charge in [-0.1, -0.05) is 17.7 Å². The minimum absolute atomic E-state index is 0.395. The molecule has 0 saturated heterocycles. The van der Waals surface area contributed by atoms with Gasteiger partial charge in [-0.25, -0.2) is 0 Å². The summed E-state index contributed by atoms with van der Waals surface area (Å²) in [6.07, 6.45) is 1.75. The van der Waals surface area contributed by atoms with Gasteiger partial charge in [0.2, 0.25) is 5.91 Å². The van der Waals surface area contributed by atoms with Crippen LogP contribution in [-0.4, -0.2) is 16.4 Å². The summed E-state index contributed by atoms with van der Waals surface area (Å²) in [6.45, 7) is 3.54. The Morgan fingerprint density at radius 2 is 2.14 bits per heavy atom. The number of halogens is 1. The smallest absolute Gasteiger partial charge is 0.279 e. The Balaban J connectivity index is 2.46. The number of benzene rings is 1. The third-order valence-electron chi connectivity index (χ3n) is 2.89. The molecule has 1 atom stereocenters. The molecule has 0 saturated carbocycles. The summed E-state index contributed by atoms with van der Waals surface area (Å²) >= 11 is 7.18. The van der Waals surface area contributed by atoms with Gasteiger partial charge in [-0.05, 0) is 32.0 Å². The van der Waals surface area contributed by atoms with Crippen molar-refractivity contribution in [2.45, 2.75) is 19.9 Å². The second kappa shape index (κ2) is 6.24. The zero-order valence-corrected chi connectivity index (χ0v) is 13.1. The predicted molar refractivity (Wildman–Crippen MR) is 82.3 cm³/mol. The number of primary amides is 1. The molecule has 1 heterocycles. The van der Waals surface area contributed by atoms with E-state index in [1.54, 1.807) is 42.0 Å². The van der Waals surface area contributed by atoms with E-state index in [0.717, 1.165) is 4.88 Å². The van der Waals surface area contributed by atoms with Crippen LogP contribution in [0.1, 0.15) is 28.2 Å². The van der Waals surface area contributed by atoms with Gasteiger partial charge in [-0.15, -0.1) is 11.3 Å². The number of nitrogens with zero attached hydrogens (tertiary/aromatic N) is 2. The zero-order chi connectivity index (χ0) is 15.6. The topological polar surface area (TPSA) is 77.4 Å². The van der Waals surface area contributed by atoms with Crippen LogP contribution in [0, 0.1) is 6.92 Å². The van der Waals surface area contributed by atoms with Crippen LogP contribution in [0.5, 0.6) is 0 Å². The molecule has 1 aromatic heterocycles. The Bertz CT molecular complexity index is 764. The number of carbonyl (C=O) groups excluding carboxylic acids is 2. The fourth-order valence-electron chi connectivity index (χ4n) is 1.74. The highest BCUT2D eigenvalue weighted by molar-refractivity contribution is 7.09. The summed E-state index contributed by atoms with van der Waals surface area (Å²) < 4.78 is 1.60. The molecule has 0 aliphatic rings. The molecule has 2 rings (SSSR count). The summed E-state index contributed by atoms with van der Waals surface area (Å²) in [4.78, 5) is 28.9. The second-order valence-corrected chi connectivity index (χ2v) is 6.19. The van der Waals surface area contributed by atoms with Gasteiger partial charge < -0.3 is 10.3 Å². The maximum Gasteiger partial charge on any atom is 0.279 e. The molecule has 0 aliphatic carbocycles. The molecule has 0 spiro atoms. The van der Waals surface area contributed by atoms with Gasteiger partial charge in [0.1, 0.15) is 6.04 Å². The number of carbonyl (C=O) groups is 2. The van der Waals surface area contributed by atoms with Gasteiger partial charge in [0.15, 0.2) is 4.80 Å². The maximum absolute atomic E-state index is 12.2. The van der Waals surface area contributed by atoms with Gasteiger partial charge in [0.05, 0.1) is 0 Å². The van der Waals surface area contributed by atoms with Crippen LogP contribution in [-0.2, 0) is 4.79 Å². The minimum Gasteiger partial charge on any atom is -0.368 e. The number of rotatable bonds is 3. The Hall–Kier alpha value is -1.92. The lowest BCUT2D eigenvalue weighted by Crippen LogP contribution is -2.29. The fourth-order valence-corrected chi connectivity index (χ4v) is 2.83. The molecule has 0 bridgehead atoms. The van der Waals surface area contributed by atoms with Crippen molar-refractivity contribution in [1.29, 1.82) is 0 Å². The van der Waals surface area contributed by atoms with Crippen LogP contribution in [0.15, 0.2) is 35.5 Å². The molecule has 110 valence electrons. The molecule has 0 unspecified atom stereocenters. The average molecular weight is 324 g/mol. The summed E-state index contributed by atoms with van der Waals surface area (Å²) in [7, 11) is 0. The first-order valence-electron chi connectivity index (χ1n) is 6.21. The van der Waals surface area contributed by atoms with Gasteiger partial charge >= 0.3 is 0 Å². The Morgan fingerprint density at radius 3 is 2.76 bits per heavy atom. The van der Waals surface area contributed by atoms with Crippen LogP contribution in [0.25, 0.3) is 0 Å². The van der Waals surface area contributed by atoms with Crippen molar-refractivity contribution in [1.82, 2.24) is 4.57 Å². The molecule has 2 N–H and O–H groups in total. The quantitative estimate of drug-likeness (QED) is 0.940. The third kappa shape index (κ3) is 3.59. The lowest BCUT2D eigenvalue weighted by Gasteiger charge is -2.08. The van der Waals surface area contributed by atoms with E-state index >= 15 is 0 Å². The van der Waals surface area contributed by atoms with Crippen LogP contribution in [0.2, 0.25) is 5.02 Å². The normalized spacial score (nSPS) is 13.2. The highest BCUT2D eigenvalue weighted by Crippen LogP contribution is 2.12. The number of hydrogen-bond donors (Lipinski definition) is 1. The highest BCUT2D eigenvalue weighted by Gasteiger charge is 2.14. The Kier molecular flexibility index (Phi) is 4.59. The highest BCUT2D eigenvalue weighted by atomic mass is 35.5. The molecule has 0 fully saturated rings. The second-order valence-electron chi connectivity index (χ2n) is 4.54. The first-order chi connectivity index (χ1) is 9.88. The Morgan fingerprint density at radius 1 is 1.43 bits per heavy atom. The van der Waals surface area contributed by atoms with E-state index in [1.807, 2.05) is 6.92 Å². The standard InChI is InChI=1S/C14H14ClN3O2S/c1-8-7-18(9(2)12(16)19)14(21-8)17-13(20)10-4-3-5-11(15)6-10/h3-7,9H,1-2H3,(H2,16,19)/t9-/m0/s1. The van der Waals surface area contributed by atoms with Crippen molar-refractivity contribution in [3.05, 3.63) is 50.7 Å². The van der Waals surface area contributed by atoms with E-state index in [9.17, 15) is 9.59 Å². The zero-order valence-electron chi connectivity index (χ0n) is 11.5. The van der Waals surface area contributed by atoms with Crippen molar-refractivity contribution in [2.75, 3.05) is 0 Å². The fraction of sp³-hybridized carbons (Fsp3) is 0.214. The molecule has 0 radical (unpaired) electrons. The number of thiazole rings is 1. The molecule has 1 aromatic carbocycles. The summed E-state index contributed by atoms with van der Waals surface area (Å²) in [5, 5.41) is 0.469. The monoisotopic (exact) mass is 323 g/mol. The predicted octanol–water partition coefficient (Wildman–Crippen LogP) is 2.30. The lowest BCUT2D eigenvalue weighted by atomic mass is 10.2. The Labute approximate surface area is 130 Å². The number of amides is 2. The maximum atomic E-state index is 12.2. The first-order valence-corrected chi connectivity index (χ1v) is 7.40. The van der Waals surface area contributed by atoms with E-state index in [4.69, 9.17) is 17.3 Å². The third-order valence-corrected chi connectivity index (χ3v) is 4.04. The molecule has 2 aromatic rings. The average Bonchev–Trinajstić information content (AvgIpc) is 2.78. The molecule has 5 nitrogen and oxygen atoms in total. The molecule has 7 heteroatoms. The van der Waals surface area contributed by atoms with Crippen LogP contribution in [0.3, 0.4) is 0 Å². The van der Waals surface area contributed by atoms with Crippen molar-refractivity contribution in [3.63, 3.8) is 0 Å². The van der Waals surface area contributed by atoms with E-state index in [-0.39, 0.29) is 0 Å². The van der Waals surface area contributed by atoms with Crippen molar-refractivity contribution < 1.29 is 9.59 Å². The van der Waals surface area contributed by atoms with Gasteiger partial charge in [-0.3, -0.25) is 9.59 Å². The summed E-state index contributed by atoms with van der Waals surface area (Å²) in [5.41, 5.74) is 5.70. The van der Waals surface area contributed by atoms with Crippen molar-refractivity contribution in [3.8, 4) is 0 Å². The number of aryl methyl sites for hydroxylation is 1. The molecule has 0 aliphatic heterocycles. The number of hydrogen-bond acceptors (Lipinski definition) is 3. The van der Waals surface area contributed by atoms with E-state index < -0.39 is 17.9 Å². The minimum atomic E-state index is -0.569. The van der Waals surface area contributed by atoms with E-state index in [1.165, 1.54) is 11.3 Å². The molecule has 21 heavy (non-hydrogen) atoms. The summed E-state index contributed by atoms with van der Waals surface area (Å²) in [5.74, 6) is -0.894. The number of aromatic nitrogens is 1. The van der Waals surface area contributed by atoms with Crippen LogP contribution < -0.4 is 10.5 Å². The van der Waals surface area contributed by atoms with Crippen LogP contribution >= 0.6 is 22.9 Å². The van der Waals surface area contributed by atoms with Gasteiger partial charge in [0.25, 0.3) is 5.91 Å². The first kappa shape index (κ1) is 15.5. The van der Waals surface area contributed by atoms with Gasteiger partial charge in [0, 0.05) is 21.7 Å². The van der Waals surface area contributed by atoms with Gasteiger partial charge in [-0.2, -0.15) is 4.99 Å².